The highest BCUT2D eigenvalue weighted by molar-refractivity contribution is 5.84. The number of benzene rings is 1. The van der Waals surface area contributed by atoms with Gasteiger partial charge in [0.05, 0.1) is 22.8 Å². The van der Waals surface area contributed by atoms with Crippen LogP contribution < -0.4 is 10.7 Å². The Hall–Kier alpha value is -3.54. The molecule has 3 heterocycles. The van der Waals surface area contributed by atoms with Crippen molar-refractivity contribution in [2.45, 2.75) is 33.7 Å². The van der Waals surface area contributed by atoms with E-state index in [-0.39, 0.29) is 11.5 Å². The second kappa shape index (κ2) is 7.71. The second-order valence-corrected chi connectivity index (χ2v) is 7.49. The SMILES string of the molecule is Cc1cc([C@@H](C)Nc2ccc(F)nc2C)c2oc(-c3cccnc3)c(C)c(=O)c2c1. The molecular formula is C24H22FN3O2. The van der Waals surface area contributed by atoms with E-state index in [1.807, 2.05) is 38.1 Å². The summed E-state index contributed by atoms with van der Waals surface area (Å²) in [7, 11) is 0. The first-order chi connectivity index (χ1) is 14.3. The lowest BCUT2D eigenvalue weighted by Crippen LogP contribution is -2.13. The van der Waals surface area contributed by atoms with Gasteiger partial charge in [-0.3, -0.25) is 9.78 Å². The Morgan fingerprint density at radius 1 is 1.13 bits per heavy atom. The first-order valence-electron chi connectivity index (χ1n) is 9.73. The third kappa shape index (κ3) is 3.56. The summed E-state index contributed by atoms with van der Waals surface area (Å²) in [6.07, 6.45) is 3.36. The van der Waals surface area contributed by atoms with Crippen LogP contribution in [0.5, 0.6) is 0 Å². The van der Waals surface area contributed by atoms with Crippen LogP contribution in [0.15, 0.2) is 58.0 Å². The summed E-state index contributed by atoms with van der Waals surface area (Å²) in [5, 5.41) is 3.90. The normalized spacial score (nSPS) is 12.2. The van der Waals surface area contributed by atoms with Gasteiger partial charge in [0.2, 0.25) is 5.95 Å². The minimum atomic E-state index is -0.519. The quantitative estimate of drug-likeness (QED) is 0.457. The van der Waals surface area contributed by atoms with Crippen LogP contribution in [0.3, 0.4) is 0 Å². The maximum atomic E-state index is 13.4. The molecule has 1 atom stereocenters. The van der Waals surface area contributed by atoms with Crippen LogP contribution in [0.4, 0.5) is 10.1 Å². The topological polar surface area (TPSA) is 68.0 Å². The second-order valence-electron chi connectivity index (χ2n) is 7.49. The van der Waals surface area contributed by atoms with Gasteiger partial charge in [0.15, 0.2) is 5.43 Å². The van der Waals surface area contributed by atoms with Crippen LogP contribution in [0.25, 0.3) is 22.3 Å². The number of rotatable bonds is 4. The number of anilines is 1. The van der Waals surface area contributed by atoms with Crippen LogP contribution in [0.1, 0.15) is 35.3 Å². The van der Waals surface area contributed by atoms with Gasteiger partial charge in [-0.05, 0) is 63.6 Å². The van der Waals surface area contributed by atoms with Gasteiger partial charge in [-0.15, -0.1) is 0 Å². The zero-order chi connectivity index (χ0) is 21.4. The fourth-order valence-electron chi connectivity index (χ4n) is 3.66. The Labute approximate surface area is 173 Å². The summed E-state index contributed by atoms with van der Waals surface area (Å²) in [6, 6.07) is 10.3. The molecule has 5 nitrogen and oxygen atoms in total. The first kappa shape index (κ1) is 19.8. The number of hydrogen-bond acceptors (Lipinski definition) is 5. The van der Waals surface area contributed by atoms with Gasteiger partial charge in [0.25, 0.3) is 0 Å². The Kier molecular flexibility index (Phi) is 5.08. The minimum absolute atomic E-state index is 0.0631. The summed E-state index contributed by atoms with van der Waals surface area (Å²) in [5.41, 5.74) is 4.85. The molecule has 0 aliphatic heterocycles. The highest BCUT2D eigenvalue weighted by atomic mass is 19.1. The van der Waals surface area contributed by atoms with Gasteiger partial charge in [0.1, 0.15) is 11.3 Å². The molecule has 1 aromatic carbocycles. The molecule has 0 amide bonds. The number of pyridine rings is 2. The molecule has 0 unspecified atom stereocenters. The molecule has 4 rings (SSSR count). The molecule has 4 aromatic rings. The summed E-state index contributed by atoms with van der Waals surface area (Å²) in [5.74, 6) is -0.00757. The van der Waals surface area contributed by atoms with Crippen molar-refractivity contribution >= 4 is 16.7 Å². The van der Waals surface area contributed by atoms with Crippen LogP contribution in [0.2, 0.25) is 0 Å². The van der Waals surface area contributed by atoms with Crippen molar-refractivity contribution < 1.29 is 8.81 Å². The smallest absolute Gasteiger partial charge is 0.213 e. The monoisotopic (exact) mass is 403 g/mol. The van der Waals surface area contributed by atoms with Gasteiger partial charge in [-0.1, -0.05) is 6.07 Å². The highest BCUT2D eigenvalue weighted by Crippen LogP contribution is 2.32. The van der Waals surface area contributed by atoms with E-state index >= 15 is 0 Å². The van der Waals surface area contributed by atoms with E-state index in [9.17, 15) is 9.18 Å². The highest BCUT2D eigenvalue weighted by Gasteiger charge is 2.19. The lowest BCUT2D eigenvalue weighted by Gasteiger charge is -2.19. The largest absolute Gasteiger partial charge is 0.455 e. The number of halogens is 1. The predicted octanol–water partition coefficient (Wildman–Crippen LogP) is 5.49. The molecule has 1 N–H and O–H groups in total. The zero-order valence-corrected chi connectivity index (χ0v) is 17.3. The number of nitrogens with one attached hydrogen (secondary N) is 1. The first-order valence-corrected chi connectivity index (χ1v) is 9.73. The van der Waals surface area contributed by atoms with E-state index in [0.717, 1.165) is 22.4 Å². The van der Waals surface area contributed by atoms with Crippen LogP contribution in [-0.2, 0) is 0 Å². The molecule has 6 heteroatoms. The molecule has 0 saturated carbocycles. The van der Waals surface area contributed by atoms with Gasteiger partial charge < -0.3 is 9.73 Å². The number of fused-ring (bicyclic) bond motifs is 1. The summed E-state index contributed by atoms with van der Waals surface area (Å²) >= 11 is 0. The molecule has 0 aliphatic carbocycles. The molecular weight excluding hydrogens is 381 g/mol. The summed E-state index contributed by atoms with van der Waals surface area (Å²) < 4.78 is 19.7. The molecule has 0 saturated heterocycles. The minimum Gasteiger partial charge on any atom is -0.455 e. The number of aryl methyl sites for hydroxylation is 2. The Morgan fingerprint density at radius 3 is 2.63 bits per heavy atom. The fourth-order valence-corrected chi connectivity index (χ4v) is 3.66. The lowest BCUT2D eigenvalue weighted by atomic mass is 9.99. The molecule has 0 spiro atoms. The van der Waals surface area contributed by atoms with E-state index in [1.165, 1.54) is 6.07 Å². The average Bonchev–Trinajstić information content (AvgIpc) is 2.73. The van der Waals surface area contributed by atoms with Gasteiger partial charge >= 0.3 is 0 Å². The van der Waals surface area contributed by atoms with Crippen molar-refractivity contribution in [3.8, 4) is 11.3 Å². The van der Waals surface area contributed by atoms with E-state index in [1.54, 1.807) is 32.3 Å². The zero-order valence-electron chi connectivity index (χ0n) is 17.3. The van der Waals surface area contributed by atoms with Gasteiger partial charge in [0, 0.05) is 29.1 Å². The van der Waals surface area contributed by atoms with E-state index in [2.05, 4.69) is 15.3 Å². The maximum absolute atomic E-state index is 13.4. The van der Waals surface area contributed by atoms with Gasteiger partial charge in [-0.2, -0.15) is 4.39 Å². The molecule has 0 radical (unpaired) electrons. The standard InChI is InChI=1S/C24H22FN3O2/c1-13-10-18(15(3)27-20-7-8-21(25)28-16(20)4)24-19(11-13)22(29)14(2)23(30-24)17-6-5-9-26-12-17/h5-12,15,27H,1-4H3/t15-/m1/s1. The molecule has 3 aromatic heterocycles. The van der Waals surface area contributed by atoms with Crippen LogP contribution in [0, 0.1) is 26.7 Å². The van der Waals surface area contributed by atoms with Crippen molar-refractivity contribution in [1.82, 2.24) is 9.97 Å². The maximum Gasteiger partial charge on any atom is 0.213 e. The van der Waals surface area contributed by atoms with E-state index < -0.39 is 5.95 Å². The molecule has 0 bridgehead atoms. The third-order valence-electron chi connectivity index (χ3n) is 5.21. The van der Waals surface area contributed by atoms with Crippen molar-refractivity contribution in [3.05, 3.63) is 87.3 Å². The molecule has 0 fully saturated rings. The van der Waals surface area contributed by atoms with Crippen molar-refractivity contribution in [3.63, 3.8) is 0 Å². The number of nitrogens with zero attached hydrogens (tertiary/aromatic N) is 2. The number of hydrogen-bond donors (Lipinski definition) is 1. The third-order valence-corrected chi connectivity index (χ3v) is 5.21. The summed E-state index contributed by atoms with van der Waals surface area (Å²) in [6.45, 7) is 7.44. The number of aromatic nitrogens is 2. The average molecular weight is 403 g/mol. The summed E-state index contributed by atoms with van der Waals surface area (Å²) in [4.78, 5) is 21.2. The van der Waals surface area contributed by atoms with Crippen LogP contribution >= 0.6 is 0 Å². The van der Waals surface area contributed by atoms with Crippen molar-refractivity contribution in [1.29, 1.82) is 0 Å². The Morgan fingerprint density at radius 2 is 1.93 bits per heavy atom. The Balaban J connectivity index is 1.89. The Bertz CT molecular complexity index is 1300. The van der Waals surface area contributed by atoms with E-state index in [0.29, 0.717) is 28.0 Å². The molecule has 152 valence electrons. The predicted molar refractivity (Wildman–Crippen MR) is 116 cm³/mol. The van der Waals surface area contributed by atoms with Crippen molar-refractivity contribution in [2.75, 3.05) is 5.32 Å². The van der Waals surface area contributed by atoms with E-state index in [4.69, 9.17) is 4.42 Å². The molecule has 30 heavy (non-hydrogen) atoms. The lowest BCUT2D eigenvalue weighted by molar-refractivity contribution is 0.580. The fraction of sp³-hybridized carbons (Fsp3) is 0.208. The van der Waals surface area contributed by atoms with Crippen molar-refractivity contribution in [2.24, 2.45) is 0 Å². The van der Waals surface area contributed by atoms with Crippen LogP contribution in [-0.4, -0.2) is 9.97 Å². The van der Waals surface area contributed by atoms with Gasteiger partial charge in [-0.25, -0.2) is 4.98 Å². The molecule has 0 aliphatic rings.